The van der Waals surface area contributed by atoms with E-state index in [2.05, 4.69) is 31.9 Å². The second kappa shape index (κ2) is 3.40. The number of hydrogen-bond acceptors (Lipinski definition) is 1. The molecule has 50 valence electrons. The summed E-state index contributed by atoms with van der Waals surface area (Å²) in [6.45, 7) is 1.89. The third kappa shape index (κ3) is 3.28. The molecular formula is C4H7Br2ClO. The van der Waals surface area contributed by atoms with Crippen molar-refractivity contribution in [2.75, 3.05) is 0 Å². The summed E-state index contributed by atoms with van der Waals surface area (Å²) in [4.78, 5) is 0. The molecule has 0 aromatic carbocycles. The molecular weight excluding hydrogens is 259 g/mol. The molecule has 1 unspecified atom stereocenters. The van der Waals surface area contributed by atoms with E-state index in [9.17, 15) is 0 Å². The van der Waals surface area contributed by atoms with Gasteiger partial charge in [-0.25, -0.2) is 0 Å². The van der Waals surface area contributed by atoms with Gasteiger partial charge in [0.05, 0.1) is 5.38 Å². The van der Waals surface area contributed by atoms with Crippen LogP contribution in [0.1, 0.15) is 13.3 Å². The number of aliphatic hydroxyl groups is 1. The van der Waals surface area contributed by atoms with Crippen LogP contribution in [-0.4, -0.2) is 13.9 Å². The summed E-state index contributed by atoms with van der Waals surface area (Å²) >= 11 is 11.5. The van der Waals surface area contributed by atoms with Crippen molar-refractivity contribution >= 4 is 43.5 Å². The number of alkyl halides is 3. The molecule has 4 heteroatoms. The van der Waals surface area contributed by atoms with E-state index in [0.717, 1.165) is 0 Å². The molecule has 1 nitrogen and oxygen atoms in total. The first kappa shape index (κ1) is 9.21. The summed E-state index contributed by atoms with van der Waals surface area (Å²) in [7, 11) is 0. The zero-order valence-electron chi connectivity index (χ0n) is 4.37. The SMILES string of the molecule is CCC(Cl)C(O)(Br)Br. The number of rotatable bonds is 2. The van der Waals surface area contributed by atoms with E-state index in [4.69, 9.17) is 16.7 Å². The molecule has 0 aromatic rings. The van der Waals surface area contributed by atoms with Crippen LogP contribution in [-0.2, 0) is 0 Å². The van der Waals surface area contributed by atoms with Crippen molar-refractivity contribution < 1.29 is 5.11 Å². The topological polar surface area (TPSA) is 20.2 Å². The van der Waals surface area contributed by atoms with Crippen molar-refractivity contribution in [3.8, 4) is 0 Å². The molecule has 0 aliphatic heterocycles. The molecule has 0 aliphatic carbocycles. The Morgan fingerprint density at radius 2 is 2.12 bits per heavy atom. The summed E-state index contributed by atoms with van der Waals surface area (Å²) in [5.41, 5.74) is 0. The second-order valence-electron chi connectivity index (χ2n) is 1.46. The van der Waals surface area contributed by atoms with Crippen molar-refractivity contribution in [3.05, 3.63) is 0 Å². The second-order valence-corrected chi connectivity index (χ2v) is 5.47. The van der Waals surface area contributed by atoms with Gasteiger partial charge in [-0.15, -0.1) is 11.6 Å². The Bertz CT molecular complexity index is 70.9. The average Bonchev–Trinajstić information content (AvgIpc) is 1.62. The predicted molar refractivity (Wildman–Crippen MR) is 42.7 cm³/mol. The summed E-state index contributed by atoms with van der Waals surface area (Å²) in [6.07, 6.45) is 0.717. The maximum Gasteiger partial charge on any atom is 0.191 e. The lowest BCUT2D eigenvalue weighted by atomic mass is 10.3. The van der Waals surface area contributed by atoms with E-state index in [0.29, 0.717) is 6.42 Å². The van der Waals surface area contributed by atoms with Gasteiger partial charge < -0.3 is 5.11 Å². The van der Waals surface area contributed by atoms with E-state index in [-0.39, 0.29) is 5.38 Å². The normalized spacial score (nSPS) is 16.1. The van der Waals surface area contributed by atoms with Gasteiger partial charge in [-0.1, -0.05) is 6.92 Å². The van der Waals surface area contributed by atoms with Crippen molar-refractivity contribution in [1.82, 2.24) is 0 Å². The minimum atomic E-state index is -1.10. The van der Waals surface area contributed by atoms with E-state index < -0.39 is 3.42 Å². The highest BCUT2D eigenvalue weighted by molar-refractivity contribution is 9.25. The maximum atomic E-state index is 8.99. The first-order valence-electron chi connectivity index (χ1n) is 2.22. The molecule has 1 N–H and O–H groups in total. The third-order valence-corrected chi connectivity index (χ3v) is 2.99. The Balaban J connectivity index is 3.62. The highest BCUT2D eigenvalue weighted by Gasteiger charge is 2.26. The molecule has 0 aliphatic rings. The molecule has 0 amide bonds. The van der Waals surface area contributed by atoms with Gasteiger partial charge in [0.15, 0.2) is 3.42 Å². The fourth-order valence-electron chi connectivity index (χ4n) is 0.246. The standard InChI is InChI=1S/C4H7Br2ClO/c1-2-3(7)4(5,6)8/h3,8H,2H2,1H3. The van der Waals surface area contributed by atoms with Crippen LogP contribution in [0.5, 0.6) is 0 Å². The molecule has 0 bridgehead atoms. The Labute approximate surface area is 70.7 Å². The van der Waals surface area contributed by atoms with Crippen LogP contribution in [0, 0.1) is 0 Å². The number of halogens is 3. The Morgan fingerprint density at radius 1 is 1.75 bits per heavy atom. The fraction of sp³-hybridized carbons (Fsp3) is 1.00. The van der Waals surface area contributed by atoms with Crippen LogP contribution in [0.25, 0.3) is 0 Å². The van der Waals surface area contributed by atoms with Gasteiger partial charge in [-0.05, 0) is 38.3 Å². The van der Waals surface area contributed by atoms with Gasteiger partial charge >= 0.3 is 0 Å². The van der Waals surface area contributed by atoms with Crippen LogP contribution in [0.2, 0.25) is 0 Å². The summed E-state index contributed by atoms with van der Waals surface area (Å²) in [5.74, 6) is 0. The van der Waals surface area contributed by atoms with Gasteiger partial charge in [0, 0.05) is 0 Å². The first-order valence-corrected chi connectivity index (χ1v) is 4.25. The van der Waals surface area contributed by atoms with E-state index >= 15 is 0 Å². The van der Waals surface area contributed by atoms with Crippen LogP contribution < -0.4 is 0 Å². The molecule has 0 rings (SSSR count). The van der Waals surface area contributed by atoms with Gasteiger partial charge in [0.1, 0.15) is 0 Å². The van der Waals surface area contributed by atoms with E-state index in [1.54, 1.807) is 0 Å². The van der Waals surface area contributed by atoms with E-state index in [1.807, 2.05) is 6.92 Å². The molecule has 0 aromatic heterocycles. The van der Waals surface area contributed by atoms with Gasteiger partial charge in [-0.2, -0.15) is 0 Å². The zero-order valence-corrected chi connectivity index (χ0v) is 8.29. The largest absolute Gasteiger partial charge is 0.368 e. The first-order chi connectivity index (χ1) is 3.48. The summed E-state index contributed by atoms with van der Waals surface area (Å²) in [6, 6.07) is 0. The molecule has 1 atom stereocenters. The lowest BCUT2D eigenvalue weighted by molar-refractivity contribution is 0.236. The van der Waals surface area contributed by atoms with E-state index in [1.165, 1.54) is 0 Å². The molecule has 0 heterocycles. The lowest BCUT2D eigenvalue weighted by Crippen LogP contribution is -2.23. The Hall–Kier alpha value is 1.21. The van der Waals surface area contributed by atoms with Gasteiger partial charge in [-0.3, -0.25) is 0 Å². The maximum absolute atomic E-state index is 8.99. The molecule has 0 radical (unpaired) electrons. The van der Waals surface area contributed by atoms with Crippen molar-refractivity contribution in [1.29, 1.82) is 0 Å². The quantitative estimate of drug-likeness (QED) is 0.761. The summed E-state index contributed by atoms with van der Waals surface area (Å²) in [5, 5.41) is 8.70. The minimum absolute atomic E-state index is 0.289. The van der Waals surface area contributed by atoms with Crippen LogP contribution in [0.3, 0.4) is 0 Å². The highest BCUT2D eigenvalue weighted by atomic mass is 79.9. The molecule has 0 fully saturated rings. The van der Waals surface area contributed by atoms with Crippen LogP contribution >= 0.6 is 43.5 Å². The average molecular weight is 266 g/mol. The van der Waals surface area contributed by atoms with Crippen molar-refractivity contribution in [2.45, 2.75) is 22.1 Å². The van der Waals surface area contributed by atoms with Gasteiger partial charge in [0.25, 0.3) is 0 Å². The monoisotopic (exact) mass is 264 g/mol. The fourth-order valence-corrected chi connectivity index (χ4v) is 0.893. The summed E-state index contributed by atoms with van der Waals surface area (Å²) < 4.78 is -1.10. The van der Waals surface area contributed by atoms with Crippen molar-refractivity contribution in [2.24, 2.45) is 0 Å². The van der Waals surface area contributed by atoms with Crippen LogP contribution in [0.4, 0.5) is 0 Å². The highest BCUT2D eigenvalue weighted by Crippen LogP contribution is 2.31. The molecule has 0 spiro atoms. The smallest absolute Gasteiger partial charge is 0.191 e. The Morgan fingerprint density at radius 3 is 2.12 bits per heavy atom. The Kier molecular flexibility index (Phi) is 3.91. The van der Waals surface area contributed by atoms with Crippen LogP contribution in [0.15, 0.2) is 0 Å². The molecule has 0 saturated carbocycles. The van der Waals surface area contributed by atoms with Crippen molar-refractivity contribution in [3.63, 3.8) is 0 Å². The van der Waals surface area contributed by atoms with Gasteiger partial charge in [0.2, 0.25) is 0 Å². The third-order valence-electron chi connectivity index (χ3n) is 0.735. The predicted octanol–water partition coefficient (Wildman–Crippen LogP) is 2.44. The molecule has 8 heavy (non-hydrogen) atoms. The molecule has 0 saturated heterocycles. The minimum Gasteiger partial charge on any atom is -0.368 e. The lowest BCUT2D eigenvalue weighted by Gasteiger charge is -2.17. The number of hydrogen-bond donors (Lipinski definition) is 1. The zero-order chi connectivity index (χ0) is 6.78.